The number of hydrogen-bond donors (Lipinski definition) is 2. The Morgan fingerprint density at radius 1 is 1.48 bits per heavy atom. The van der Waals surface area contributed by atoms with Gasteiger partial charge in [-0.05, 0) is 32.0 Å². The molecule has 3 unspecified atom stereocenters. The third-order valence-corrected chi connectivity index (χ3v) is 4.89. The molecular weight excluding hydrogens is 332 g/mol. The fourth-order valence-electron chi connectivity index (χ4n) is 2.81. The largest absolute Gasteiger partial charge is 0.394 e. The normalized spacial score (nSPS) is 25.0. The molecule has 4 nitrogen and oxygen atoms in total. The van der Waals surface area contributed by atoms with Crippen LogP contribution in [0.2, 0.25) is 0 Å². The Hall–Kier alpha value is -0.460. The summed E-state index contributed by atoms with van der Waals surface area (Å²) in [7, 11) is 2.00. The number of aliphatic hydroxyl groups excluding tert-OH is 1. The van der Waals surface area contributed by atoms with Gasteiger partial charge >= 0.3 is 0 Å². The number of hydrogen-bond acceptors (Lipinski definition) is 4. The minimum atomic E-state index is -0.0438. The summed E-state index contributed by atoms with van der Waals surface area (Å²) in [6, 6.07) is 9.08. The van der Waals surface area contributed by atoms with Gasteiger partial charge in [-0.25, -0.2) is 0 Å². The smallest absolute Gasteiger partial charge is 0.0933 e. The van der Waals surface area contributed by atoms with Gasteiger partial charge in [-0.2, -0.15) is 0 Å². The summed E-state index contributed by atoms with van der Waals surface area (Å²) in [5, 5.41) is 12.7. The Balaban J connectivity index is 1.95. The molecule has 2 N–H and O–H groups in total. The summed E-state index contributed by atoms with van der Waals surface area (Å²) in [6.45, 7) is 4.78. The van der Waals surface area contributed by atoms with Crippen molar-refractivity contribution < 1.29 is 9.84 Å². The zero-order valence-electron chi connectivity index (χ0n) is 12.8. The van der Waals surface area contributed by atoms with E-state index >= 15 is 0 Å². The van der Waals surface area contributed by atoms with Crippen molar-refractivity contribution in [1.29, 1.82) is 0 Å². The maximum Gasteiger partial charge on any atom is 0.0933 e. The van der Waals surface area contributed by atoms with E-state index in [4.69, 9.17) is 4.74 Å². The molecule has 1 aromatic rings. The number of rotatable bonds is 6. The van der Waals surface area contributed by atoms with Crippen LogP contribution in [-0.4, -0.2) is 55.5 Å². The highest BCUT2D eigenvalue weighted by molar-refractivity contribution is 9.10. The van der Waals surface area contributed by atoms with Gasteiger partial charge in [-0.15, -0.1) is 0 Å². The average Bonchev–Trinajstić information content (AvgIpc) is 2.51. The zero-order chi connectivity index (χ0) is 15.2. The third-order valence-electron chi connectivity index (χ3n) is 4.17. The number of halogens is 1. The van der Waals surface area contributed by atoms with Crippen molar-refractivity contribution in [3.8, 4) is 0 Å². The van der Waals surface area contributed by atoms with E-state index in [1.54, 1.807) is 0 Å². The van der Waals surface area contributed by atoms with Crippen LogP contribution < -0.4 is 5.32 Å². The van der Waals surface area contributed by atoms with Gasteiger partial charge in [-0.1, -0.05) is 34.1 Å². The van der Waals surface area contributed by atoms with Crippen LogP contribution >= 0.6 is 15.9 Å². The molecule has 3 atom stereocenters. The molecule has 1 heterocycles. The topological polar surface area (TPSA) is 44.7 Å². The summed E-state index contributed by atoms with van der Waals surface area (Å²) in [5.74, 6) is 0. The molecule has 118 valence electrons. The number of aliphatic hydroxyl groups is 1. The van der Waals surface area contributed by atoms with E-state index in [1.807, 2.05) is 13.1 Å². The van der Waals surface area contributed by atoms with Crippen LogP contribution in [0, 0.1) is 0 Å². The lowest BCUT2D eigenvalue weighted by atomic mass is 10.0. The highest BCUT2D eigenvalue weighted by Gasteiger charge is 2.26. The lowest BCUT2D eigenvalue weighted by Gasteiger charge is -2.38. The van der Waals surface area contributed by atoms with Crippen LogP contribution in [0.4, 0.5) is 0 Å². The fraction of sp³-hybridized carbons (Fsp3) is 0.625. The quantitative estimate of drug-likeness (QED) is 0.819. The Labute approximate surface area is 135 Å². The molecule has 1 fully saturated rings. The predicted molar refractivity (Wildman–Crippen MR) is 88.4 cm³/mol. The van der Waals surface area contributed by atoms with Crippen molar-refractivity contribution in [2.24, 2.45) is 0 Å². The first-order valence-corrected chi connectivity index (χ1v) is 8.33. The Bertz CT molecular complexity index is 444. The number of nitrogens with zero attached hydrogens (tertiary/aromatic N) is 1. The van der Waals surface area contributed by atoms with Gasteiger partial charge in [-0.3, -0.25) is 4.90 Å². The molecule has 1 aliphatic rings. The third kappa shape index (κ3) is 4.50. The van der Waals surface area contributed by atoms with Gasteiger partial charge < -0.3 is 15.2 Å². The molecule has 21 heavy (non-hydrogen) atoms. The molecule has 1 aliphatic heterocycles. The number of ether oxygens (including phenoxy) is 1. The maximum absolute atomic E-state index is 9.26. The van der Waals surface area contributed by atoms with Gasteiger partial charge in [0.15, 0.2) is 0 Å². The SMILES string of the molecule is CNC(CCN1CC(CO)OCC1C)c1ccccc1Br. The average molecular weight is 357 g/mol. The molecule has 0 amide bonds. The van der Waals surface area contributed by atoms with Crippen molar-refractivity contribution in [1.82, 2.24) is 10.2 Å². The molecular formula is C16H25BrN2O2. The van der Waals surface area contributed by atoms with Crippen LogP contribution in [0.3, 0.4) is 0 Å². The first-order valence-electron chi connectivity index (χ1n) is 7.54. The molecule has 1 aromatic carbocycles. The molecule has 0 spiro atoms. The highest BCUT2D eigenvalue weighted by atomic mass is 79.9. The standard InChI is InChI=1S/C16H25BrN2O2/c1-12-11-21-13(10-20)9-19(12)8-7-16(18-2)14-5-3-4-6-15(14)17/h3-6,12-13,16,18,20H,7-11H2,1-2H3. The van der Waals surface area contributed by atoms with E-state index in [9.17, 15) is 5.11 Å². The minimum Gasteiger partial charge on any atom is -0.394 e. The second-order valence-electron chi connectivity index (χ2n) is 5.63. The maximum atomic E-state index is 9.26. The molecule has 5 heteroatoms. The molecule has 0 radical (unpaired) electrons. The Morgan fingerprint density at radius 2 is 2.24 bits per heavy atom. The van der Waals surface area contributed by atoms with Crippen LogP contribution in [0.1, 0.15) is 24.9 Å². The van der Waals surface area contributed by atoms with E-state index in [0.717, 1.165) is 24.0 Å². The predicted octanol–water partition coefficient (Wildman–Crippen LogP) is 2.18. The summed E-state index contributed by atoms with van der Waals surface area (Å²) >= 11 is 3.63. The van der Waals surface area contributed by atoms with Crippen LogP contribution in [-0.2, 0) is 4.74 Å². The molecule has 0 aromatic heterocycles. The van der Waals surface area contributed by atoms with Crippen molar-refractivity contribution in [3.63, 3.8) is 0 Å². The first-order chi connectivity index (χ1) is 10.2. The van der Waals surface area contributed by atoms with Gasteiger partial charge in [0.1, 0.15) is 0 Å². The molecule has 0 saturated carbocycles. The highest BCUT2D eigenvalue weighted by Crippen LogP contribution is 2.26. The van der Waals surface area contributed by atoms with E-state index in [1.165, 1.54) is 5.56 Å². The van der Waals surface area contributed by atoms with Crippen LogP contribution in [0.15, 0.2) is 28.7 Å². The van der Waals surface area contributed by atoms with E-state index in [-0.39, 0.29) is 12.7 Å². The second kappa shape index (κ2) is 8.25. The van der Waals surface area contributed by atoms with Gasteiger partial charge in [0.05, 0.1) is 19.3 Å². The second-order valence-corrected chi connectivity index (χ2v) is 6.49. The number of morpholine rings is 1. The van der Waals surface area contributed by atoms with E-state index in [2.05, 4.69) is 51.3 Å². The zero-order valence-corrected chi connectivity index (χ0v) is 14.3. The van der Waals surface area contributed by atoms with Crippen molar-refractivity contribution in [2.45, 2.75) is 31.5 Å². The molecule has 0 bridgehead atoms. The molecule has 0 aliphatic carbocycles. The molecule has 2 rings (SSSR count). The van der Waals surface area contributed by atoms with Gasteiger partial charge in [0.2, 0.25) is 0 Å². The van der Waals surface area contributed by atoms with E-state index < -0.39 is 0 Å². The Kier molecular flexibility index (Phi) is 6.64. The van der Waals surface area contributed by atoms with Gasteiger partial charge in [0, 0.05) is 29.6 Å². The fourth-order valence-corrected chi connectivity index (χ4v) is 3.37. The summed E-state index contributed by atoms with van der Waals surface area (Å²) in [6.07, 6.45) is 0.986. The van der Waals surface area contributed by atoms with Crippen LogP contribution in [0.5, 0.6) is 0 Å². The monoisotopic (exact) mass is 356 g/mol. The van der Waals surface area contributed by atoms with Crippen LogP contribution in [0.25, 0.3) is 0 Å². The summed E-state index contributed by atoms with van der Waals surface area (Å²) < 4.78 is 6.74. The van der Waals surface area contributed by atoms with Crippen molar-refractivity contribution in [2.75, 3.05) is 33.4 Å². The summed E-state index contributed by atoms with van der Waals surface area (Å²) in [5.41, 5.74) is 1.29. The van der Waals surface area contributed by atoms with E-state index in [0.29, 0.717) is 18.7 Å². The molecule has 1 saturated heterocycles. The Morgan fingerprint density at radius 3 is 2.90 bits per heavy atom. The van der Waals surface area contributed by atoms with Gasteiger partial charge in [0.25, 0.3) is 0 Å². The lowest BCUT2D eigenvalue weighted by Crippen LogP contribution is -2.50. The lowest BCUT2D eigenvalue weighted by molar-refractivity contribution is -0.0783. The minimum absolute atomic E-state index is 0.0438. The first kappa shape index (κ1) is 16.9. The number of nitrogens with one attached hydrogen (secondary N) is 1. The van der Waals surface area contributed by atoms with Crippen molar-refractivity contribution >= 4 is 15.9 Å². The van der Waals surface area contributed by atoms with Crippen molar-refractivity contribution in [3.05, 3.63) is 34.3 Å². The summed E-state index contributed by atoms with van der Waals surface area (Å²) in [4.78, 5) is 2.41. The number of benzene rings is 1.